The molecule has 0 N–H and O–H groups in total. The second kappa shape index (κ2) is 8.29. The number of ether oxygens (including phenoxy) is 3. The van der Waals surface area contributed by atoms with Crippen LogP contribution in [0.15, 0.2) is 18.2 Å². The van der Waals surface area contributed by atoms with E-state index < -0.39 is 5.97 Å². The average Bonchev–Trinajstić information content (AvgIpc) is 2.38. The maximum atomic E-state index is 12.2. The molecule has 0 unspecified atom stereocenters. The topological polar surface area (TPSA) is 61.8 Å². The molecule has 1 aromatic carbocycles. The molecule has 0 saturated heterocycles. The molecule has 0 aliphatic heterocycles. The minimum atomic E-state index is -0.536. The molecule has 0 fully saturated rings. The van der Waals surface area contributed by atoms with Crippen LogP contribution < -0.4 is 9.47 Å². The maximum absolute atomic E-state index is 12.2. The highest BCUT2D eigenvalue weighted by Crippen LogP contribution is 2.26. The molecule has 0 aliphatic carbocycles. The van der Waals surface area contributed by atoms with Crippen molar-refractivity contribution in [2.24, 2.45) is 0 Å². The third kappa shape index (κ3) is 5.45. The monoisotopic (exact) mass is 294 g/mol. The summed E-state index contributed by atoms with van der Waals surface area (Å²) in [5.74, 6) is 0.187. The average molecular weight is 294 g/mol. The zero-order valence-corrected chi connectivity index (χ0v) is 13.0. The van der Waals surface area contributed by atoms with E-state index in [-0.39, 0.29) is 18.3 Å². The Hall–Kier alpha value is -2.04. The first-order valence-corrected chi connectivity index (χ1v) is 7.10. The molecule has 1 rings (SSSR count). The SMILES string of the molecule is CCOc1ccc(C(=O)CC(=O)OC(C)C)c(OCC)c1. The van der Waals surface area contributed by atoms with Crippen molar-refractivity contribution in [3.8, 4) is 11.5 Å². The number of hydrogen-bond donors (Lipinski definition) is 0. The highest BCUT2D eigenvalue weighted by atomic mass is 16.5. The molecule has 0 amide bonds. The predicted octanol–water partition coefficient (Wildman–Crippen LogP) is 3.01. The van der Waals surface area contributed by atoms with Crippen LogP contribution in [0.5, 0.6) is 11.5 Å². The van der Waals surface area contributed by atoms with Gasteiger partial charge in [0.05, 0.1) is 24.9 Å². The molecule has 0 bridgehead atoms. The lowest BCUT2D eigenvalue weighted by Gasteiger charge is -2.12. The van der Waals surface area contributed by atoms with Crippen LogP contribution in [-0.2, 0) is 9.53 Å². The fourth-order valence-electron chi connectivity index (χ4n) is 1.80. The smallest absolute Gasteiger partial charge is 0.313 e. The third-order valence-corrected chi connectivity index (χ3v) is 2.54. The number of esters is 1. The summed E-state index contributed by atoms with van der Waals surface area (Å²) in [5.41, 5.74) is 0.362. The Labute approximate surface area is 125 Å². The largest absolute Gasteiger partial charge is 0.494 e. The van der Waals surface area contributed by atoms with Crippen LogP contribution in [0, 0.1) is 0 Å². The summed E-state index contributed by atoms with van der Waals surface area (Å²) in [6.07, 6.45) is -0.538. The van der Waals surface area contributed by atoms with E-state index in [4.69, 9.17) is 14.2 Å². The van der Waals surface area contributed by atoms with Crippen LogP contribution in [0.25, 0.3) is 0 Å². The van der Waals surface area contributed by atoms with Gasteiger partial charge in [0.2, 0.25) is 0 Å². The molecule has 5 heteroatoms. The van der Waals surface area contributed by atoms with Crippen molar-refractivity contribution in [1.82, 2.24) is 0 Å². The molecular weight excluding hydrogens is 272 g/mol. The lowest BCUT2D eigenvalue weighted by atomic mass is 10.1. The van der Waals surface area contributed by atoms with E-state index in [1.165, 1.54) is 0 Å². The van der Waals surface area contributed by atoms with Gasteiger partial charge in [-0.2, -0.15) is 0 Å². The van der Waals surface area contributed by atoms with Crippen LogP contribution in [0.1, 0.15) is 44.5 Å². The van der Waals surface area contributed by atoms with Gasteiger partial charge in [-0.3, -0.25) is 9.59 Å². The Morgan fingerprint density at radius 2 is 1.76 bits per heavy atom. The molecule has 0 aromatic heterocycles. The minimum Gasteiger partial charge on any atom is -0.494 e. The normalized spacial score (nSPS) is 10.3. The summed E-state index contributed by atoms with van der Waals surface area (Å²) in [4.78, 5) is 23.7. The first-order chi connectivity index (χ1) is 9.97. The quantitative estimate of drug-likeness (QED) is 0.419. The zero-order chi connectivity index (χ0) is 15.8. The predicted molar refractivity (Wildman–Crippen MR) is 79.0 cm³/mol. The molecule has 0 radical (unpaired) electrons. The molecule has 0 atom stereocenters. The van der Waals surface area contributed by atoms with Gasteiger partial charge in [0.1, 0.15) is 17.9 Å². The highest BCUT2D eigenvalue weighted by molar-refractivity contribution is 6.07. The van der Waals surface area contributed by atoms with Crippen molar-refractivity contribution < 1.29 is 23.8 Å². The van der Waals surface area contributed by atoms with E-state index >= 15 is 0 Å². The van der Waals surface area contributed by atoms with Gasteiger partial charge in [0.25, 0.3) is 0 Å². The highest BCUT2D eigenvalue weighted by Gasteiger charge is 2.18. The summed E-state index contributed by atoms with van der Waals surface area (Å²) < 4.78 is 15.8. The van der Waals surface area contributed by atoms with Crippen LogP contribution >= 0.6 is 0 Å². The molecule has 5 nitrogen and oxygen atoms in total. The van der Waals surface area contributed by atoms with Gasteiger partial charge < -0.3 is 14.2 Å². The van der Waals surface area contributed by atoms with Crippen LogP contribution in [0.4, 0.5) is 0 Å². The number of hydrogen-bond acceptors (Lipinski definition) is 5. The third-order valence-electron chi connectivity index (χ3n) is 2.54. The fourth-order valence-corrected chi connectivity index (χ4v) is 1.80. The van der Waals surface area contributed by atoms with Crippen molar-refractivity contribution in [3.05, 3.63) is 23.8 Å². The number of ketones is 1. The number of rotatable bonds is 8. The lowest BCUT2D eigenvalue weighted by molar-refractivity contribution is -0.146. The molecule has 0 aliphatic rings. The summed E-state index contributed by atoms with van der Waals surface area (Å²) >= 11 is 0. The number of carbonyl (C=O) groups excluding carboxylic acids is 2. The maximum Gasteiger partial charge on any atom is 0.313 e. The van der Waals surface area contributed by atoms with E-state index in [2.05, 4.69) is 0 Å². The second-order valence-corrected chi connectivity index (χ2v) is 4.66. The molecule has 0 saturated carbocycles. The first kappa shape index (κ1) is 17.0. The number of benzene rings is 1. The summed E-state index contributed by atoms with van der Waals surface area (Å²) in [7, 11) is 0. The summed E-state index contributed by atoms with van der Waals surface area (Å²) in [6.45, 7) is 8.14. The fraction of sp³-hybridized carbons (Fsp3) is 0.500. The van der Waals surface area contributed by atoms with E-state index in [0.717, 1.165) is 0 Å². The molecule has 1 aromatic rings. The Morgan fingerprint density at radius 3 is 2.33 bits per heavy atom. The standard InChI is InChI=1S/C16H22O5/c1-5-19-12-7-8-13(15(9-12)20-6-2)14(17)10-16(18)21-11(3)4/h7-9,11H,5-6,10H2,1-4H3. The Balaban J connectivity index is 2.89. The molecule has 116 valence electrons. The zero-order valence-electron chi connectivity index (χ0n) is 13.0. The van der Waals surface area contributed by atoms with E-state index in [1.54, 1.807) is 32.0 Å². The van der Waals surface area contributed by atoms with Crippen molar-refractivity contribution in [1.29, 1.82) is 0 Å². The molecular formula is C16H22O5. The van der Waals surface area contributed by atoms with Crippen molar-refractivity contribution in [3.63, 3.8) is 0 Å². The van der Waals surface area contributed by atoms with Gasteiger partial charge in [-0.05, 0) is 39.8 Å². The van der Waals surface area contributed by atoms with Crippen LogP contribution in [-0.4, -0.2) is 31.1 Å². The Morgan fingerprint density at radius 1 is 1.10 bits per heavy atom. The first-order valence-electron chi connectivity index (χ1n) is 7.10. The number of carbonyl (C=O) groups is 2. The van der Waals surface area contributed by atoms with Gasteiger partial charge in [-0.1, -0.05) is 0 Å². The van der Waals surface area contributed by atoms with Crippen molar-refractivity contribution in [2.45, 2.75) is 40.2 Å². The van der Waals surface area contributed by atoms with Crippen molar-refractivity contribution >= 4 is 11.8 Å². The van der Waals surface area contributed by atoms with E-state index in [0.29, 0.717) is 30.3 Å². The number of Topliss-reactive ketones (excluding diaryl/α,β-unsaturated/α-hetero) is 1. The second-order valence-electron chi connectivity index (χ2n) is 4.66. The van der Waals surface area contributed by atoms with E-state index in [1.807, 2.05) is 13.8 Å². The molecule has 0 spiro atoms. The summed E-state index contributed by atoms with van der Waals surface area (Å²) in [6, 6.07) is 4.96. The van der Waals surface area contributed by atoms with Gasteiger partial charge in [-0.25, -0.2) is 0 Å². The lowest BCUT2D eigenvalue weighted by Crippen LogP contribution is -2.16. The van der Waals surface area contributed by atoms with Gasteiger partial charge in [0, 0.05) is 6.07 Å². The Bertz CT molecular complexity index is 493. The van der Waals surface area contributed by atoms with Crippen molar-refractivity contribution in [2.75, 3.05) is 13.2 Å². The van der Waals surface area contributed by atoms with Gasteiger partial charge in [0.15, 0.2) is 5.78 Å². The minimum absolute atomic E-state index is 0.239. The van der Waals surface area contributed by atoms with Gasteiger partial charge in [-0.15, -0.1) is 0 Å². The molecule has 0 heterocycles. The van der Waals surface area contributed by atoms with Gasteiger partial charge >= 0.3 is 5.97 Å². The molecule has 21 heavy (non-hydrogen) atoms. The van der Waals surface area contributed by atoms with Crippen LogP contribution in [0.3, 0.4) is 0 Å². The van der Waals surface area contributed by atoms with Crippen LogP contribution in [0.2, 0.25) is 0 Å². The van der Waals surface area contributed by atoms with E-state index in [9.17, 15) is 9.59 Å². The Kier molecular flexibility index (Phi) is 6.72. The summed E-state index contributed by atoms with van der Waals surface area (Å²) in [5, 5.41) is 0.